The molecule has 2 saturated heterocycles. The van der Waals surface area contributed by atoms with Gasteiger partial charge in [0.25, 0.3) is 11.5 Å². The van der Waals surface area contributed by atoms with Crippen molar-refractivity contribution in [3.8, 4) is 6.07 Å². The van der Waals surface area contributed by atoms with Crippen LogP contribution in [0.4, 0.5) is 5.82 Å². The molecule has 1 unspecified atom stereocenters. The van der Waals surface area contributed by atoms with Gasteiger partial charge < -0.3 is 4.90 Å². The molecule has 34 heavy (non-hydrogen) atoms. The lowest BCUT2D eigenvalue weighted by Gasteiger charge is -2.36. The maximum atomic E-state index is 13.3. The second kappa shape index (κ2) is 12.0. The molecule has 0 radical (unpaired) electrons. The van der Waals surface area contributed by atoms with Crippen molar-refractivity contribution >= 4 is 46.1 Å². The van der Waals surface area contributed by atoms with Crippen molar-refractivity contribution in [2.24, 2.45) is 5.92 Å². The van der Waals surface area contributed by atoms with Crippen molar-refractivity contribution in [2.75, 3.05) is 24.5 Å². The fourth-order valence-electron chi connectivity index (χ4n) is 4.82. The van der Waals surface area contributed by atoms with E-state index in [1.807, 2.05) is 19.9 Å². The van der Waals surface area contributed by atoms with Crippen molar-refractivity contribution in [3.05, 3.63) is 31.9 Å². The van der Waals surface area contributed by atoms with E-state index in [1.54, 1.807) is 9.47 Å². The lowest BCUT2D eigenvalue weighted by molar-refractivity contribution is -0.122. The molecule has 0 saturated carbocycles. The summed E-state index contributed by atoms with van der Waals surface area (Å²) in [6, 6.07) is 2.13. The summed E-state index contributed by atoms with van der Waals surface area (Å²) in [5.41, 5.74) is 1.35. The molecule has 0 bridgehead atoms. The zero-order valence-corrected chi connectivity index (χ0v) is 22.5. The molecular weight excluding hydrogens is 464 g/mol. The van der Waals surface area contributed by atoms with Crippen molar-refractivity contribution in [2.45, 2.75) is 79.2 Å². The first-order chi connectivity index (χ1) is 16.3. The number of anilines is 1. The molecule has 0 aliphatic carbocycles. The maximum absolute atomic E-state index is 13.3. The molecule has 1 amide bonds. The van der Waals surface area contributed by atoms with Crippen LogP contribution in [0.5, 0.6) is 0 Å². The Morgan fingerprint density at radius 2 is 1.94 bits per heavy atom. The molecule has 2 aliphatic rings. The zero-order chi connectivity index (χ0) is 24.8. The lowest BCUT2D eigenvalue weighted by Crippen LogP contribution is -2.40. The molecule has 2 aliphatic heterocycles. The third kappa shape index (κ3) is 5.58. The van der Waals surface area contributed by atoms with E-state index in [4.69, 9.17) is 12.2 Å². The van der Waals surface area contributed by atoms with Gasteiger partial charge in [0.15, 0.2) is 0 Å². The van der Waals surface area contributed by atoms with Gasteiger partial charge in [-0.25, -0.2) is 0 Å². The summed E-state index contributed by atoms with van der Waals surface area (Å²) < 4.78 is 2.34. The van der Waals surface area contributed by atoms with Crippen molar-refractivity contribution in [1.82, 2.24) is 9.47 Å². The summed E-state index contributed by atoms with van der Waals surface area (Å²) in [6.07, 6.45) is 9.18. The second-order valence-electron chi connectivity index (χ2n) is 9.39. The summed E-state index contributed by atoms with van der Waals surface area (Å²) in [7, 11) is 0. The van der Waals surface area contributed by atoms with E-state index >= 15 is 0 Å². The minimum Gasteiger partial charge on any atom is -0.357 e. The number of carbonyl (C=O) groups excluding carboxylic acids is 1. The summed E-state index contributed by atoms with van der Waals surface area (Å²) in [4.78, 5) is 31.1. The van der Waals surface area contributed by atoms with Gasteiger partial charge in [-0.05, 0) is 50.2 Å². The zero-order valence-electron chi connectivity index (χ0n) is 20.9. The predicted molar refractivity (Wildman–Crippen MR) is 145 cm³/mol. The number of piperidine rings is 1. The molecule has 0 spiro atoms. The third-order valence-corrected chi connectivity index (χ3v) is 8.01. The number of amides is 1. The van der Waals surface area contributed by atoms with Gasteiger partial charge in [0, 0.05) is 31.7 Å². The Morgan fingerprint density at radius 3 is 2.59 bits per heavy atom. The number of rotatable bonds is 9. The van der Waals surface area contributed by atoms with E-state index < -0.39 is 0 Å². The molecule has 1 aromatic heterocycles. The van der Waals surface area contributed by atoms with Crippen LogP contribution >= 0.6 is 24.0 Å². The number of carbonyl (C=O) groups is 1. The van der Waals surface area contributed by atoms with Crippen LogP contribution in [0, 0.1) is 24.2 Å². The van der Waals surface area contributed by atoms with Crippen LogP contribution in [0.3, 0.4) is 0 Å². The summed E-state index contributed by atoms with van der Waals surface area (Å²) >= 11 is 6.86. The minimum absolute atomic E-state index is 0.0735. The molecular formula is C26H36N4O2S2. The van der Waals surface area contributed by atoms with Crippen LogP contribution in [0.1, 0.15) is 82.4 Å². The smallest absolute Gasteiger partial charge is 0.270 e. The number of pyridine rings is 1. The SMILES string of the molecule is CCCCCCN1C(=O)/C(=C\c2c(C)c(C#N)c(=O)n(CCC)c2N2CCCC(C)C2)SC1=S. The van der Waals surface area contributed by atoms with E-state index in [-0.39, 0.29) is 17.0 Å². The van der Waals surface area contributed by atoms with Crippen LogP contribution in [0.15, 0.2) is 9.70 Å². The minimum atomic E-state index is -0.240. The van der Waals surface area contributed by atoms with Crippen LogP contribution in [-0.4, -0.2) is 39.3 Å². The fourth-order valence-corrected chi connectivity index (χ4v) is 6.11. The number of nitriles is 1. The van der Waals surface area contributed by atoms with Gasteiger partial charge in [0.05, 0.1) is 4.91 Å². The molecule has 184 valence electrons. The Morgan fingerprint density at radius 1 is 1.18 bits per heavy atom. The maximum Gasteiger partial charge on any atom is 0.270 e. The Bertz CT molecular complexity index is 1070. The molecule has 6 nitrogen and oxygen atoms in total. The van der Waals surface area contributed by atoms with E-state index in [1.165, 1.54) is 11.8 Å². The normalized spacial score (nSPS) is 19.9. The monoisotopic (exact) mass is 500 g/mol. The number of thioether (sulfide) groups is 1. The number of hydrogen-bond acceptors (Lipinski definition) is 6. The lowest BCUT2D eigenvalue weighted by atomic mass is 9.98. The standard InChI is InChI=1S/C26H36N4O2S2/c1-5-7-8-9-14-30-25(32)22(34-26(30)33)15-20-19(4)21(16-27)24(31)29(12-6-2)23(20)28-13-10-11-18(3)17-28/h15,18H,5-14,17H2,1-4H3/b22-15+. The molecule has 3 heterocycles. The first-order valence-electron chi connectivity index (χ1n) is 12.5. The Balaban J connectivity index is 2.09. The van der Waals surface area contributed by atoms with Gasteiger partial charge in [-0.1, -0.05) is 64.0 Å². The fraction of sp³-hybridized carbons (Fsp3) is 0.615. The molecule has 3 rings (SSSR count). The van der Waals surface area contributed by atoms with E-state index in [0.717, 1.165) is 69.4 Å². The van der Waals surface area contributed by atoms with Gasteiger partial charge in [0.1, 0.15) is 21.8 Å². The van der Waals surface area contributed by atoms with Gasteiger partial charge in [-0.3, -0.25) is 19.1 Å². The van der Waals surface area contributed by atoms with Crippen molar-refractivity contribution < 1.29 is 4.79 Å². The highest BCUT2D eigenvalue weighted by Gasteiger charge is 2.33. The Labute approximate surface area is 213 Å². The summed E-state index contributed by atoms with van der Waals surface area (Å²) in [5, 5.41) is 9.80. The molecule has 0 aromatic carbocycles. The quantitative estimate of drug-likeness (QED) is 0.255. The highest BCUT2D eigenvalue weighted by atomic mass is 32.2. The molecule has 1 aromatic rings. The molecule has 2 fully saturated rings. The molecule has 8 heteroatoms. The molecule has 1 atom stereocenters. The van der Waals surface area contributed by atoms with Crippen LogP contribution in [-0.2, 0) is 11.3 Å². The highest BCUT2D eigenvalue weighted by molar-refractivity contribution is 8.26. The number of thiocarbonyl (C=S) groups is 1. The Kier molecular flexibility index (Phi) is 9.38. The topological polar surface area (TPSA) is 69.3 Å². The number of unbranched alkanes of at least 4 members (excludes halogenated alkanes) is 3. The Hall–Kier alpha value is -2.11. The summed E-state index contributed by atoms with van der Waals surface area (Å²) in [5.74, 6) is 1.28. The number of nitrogens with zero attached hydrogens (tertiary/aromatic N) is 4. The second-order valence-corrected chi connectivity index (χ2v) is 11.1. The molecule has 0 N–H and O–H groups in total. The largest absolute Gasteiger partial charge is 0.357 e. The highest BCUT2D eigenvalue weighted by Crippen LogP contribution is 2.37. The van der Waals surface area contributed by atoms with E-state index in [9.17, 15) is 14.9 Å². The van der Waals surface area contributed by atoms with Crippen molar-refractivity contribution in [1.29, 1.82) is 5.26 Å². The first-order valence-corrected chi connectivity index (χ1v) is 13.7. The average Bonchev–Trinajstić information content (AvgIpc) is 3.07. The average molecular weight is 501 g/mol. The van der Waals surface area contributed by atoms with Gasteiger partial charge in [-0.15, -0.1) is 0 Å². The summed E-state index contributed by atoms with van der Waals surface area (Å²) in [6.45, 7) is 11.1. The third-order valence-electron chi connectivity index (χ3n) is 6.63. The van der Waals surface area contributed by atoms with Crippen molar-refractivity contribution in [3.63, 3.8) is 0 Å². The van der Waals surface area contributed by atoms with Gasteiger partial charge in [0.2, 0.25) is 0 Å². The number of hydrogen-bond donors (Lipinski definition) is 0. The van der Waals surface area contributed by atoms with Crippen LogP contribution in [0.2, 0.25) is 0 Å². The van der Waals surface area contributed by atoms with E-state index in [0.29, 0.717) is 33.8 Å². The number of aromatic nitrogens is 1. The van der Waals surface area contributed by atoms with Gasteiger partial charge >= 0.3 is 0 Å². The van der Waals surface area contributed by atoms with Crippen LogP contribution in [0.25, 0.3) is 6.08 Å². The van der Waals surface area contributed by atoms with Gasteiger partial charge in [-0.2, -0.15) is 5.26 Å². The van der Waals surface area contributed by atoms with E-state index in [2.05, 4.69) is 24.8 Å². The predicted octanol–water partition coefficient (Wildman–Crippen LogP) is 5.46. The van der Waals surface area contributed by atoms with Crippen LogP contribution < -0.4 is 10.5 Å². The first kappa shape index (κ1) is 26.5.